The molecule has 0 aliphatic carbocycles. The summed E-state index contributed by atoms with van der Waals surface area (Å²) in [5, 5.41) is 7.57. The van der Waals surface area contributed by atoms with Crippen LogP contribution in [-0.2, 0) is 29.5 Å². The quantitative estimate of drug-likeness (QED) is 0.479. The van der Waals surface area contributed by atoms with E-state index in [0.29, 0.717) is 0 Å². The fraction of sp³-hybridized carbons (Fsp3) is 1.00. The van der Waals surface area contributed by atoms with Gasteiger partial charge < -0.3 is 5.11 Å². The van der Waals surface area contributed by atoms with Crippen LogP contribution in [0, 0.1) is 0 Å². The Morgan fingerprint density at radius 2 is 0.769 bits per heavy atom. The fourth-order valence-corrected chi connectivity index (χ4v) is 7.49. The average Bonchev–Trinajstić information content (AvgIpc) is 2.33. The van der Waals surface area contributed by atoms with Gasteiger partial charge in [0.25, 0.3) is 0 Å². The van der Waals surface area contributed by atoms with E-state index in [1.165, 1.54) is 0 Å². The molecule has 154 valence electrons. The van der Waals surface area contributed by atoms with Gasteiger partial charge in [-0.05, 0) is 6.92 Å². The summed E-state index contributed by atoms with van der Waals surface area (Å²) in [6.45, 7) is 1.93. The topological polar surface area (TPSA) is 123 Å². The van der Waals surface area contributed by atoms with Crippen LogP contribution in [0.3, 0.4) is 0 Å². The zero-order valence-electron chi connectivity index (χ0n) is 12.2. The van der Waals surface area contributed by atoms with E-state index >= 15 is 0 Å². The zero-order chi connectivity index (χ0) is 22.2. The normalized spacial score (nSPS) is 15.3. The molecule has 0 saturated heterocycles. The van der Waals surface area contributed by atoms with Gasteiger partial charge >= 0.3 is 131 Å². The van der Waals surface area contributed by atoms with Crippen molar-refractivity contribution in [1.82, 2.24) is 0 Å². The van der Waals surface area contributed by atoms with Crippen LogP contribution >= 0.6 is 0 Å². The van der Waals surface area contributed by atoms with Crippen LogP contribution in [0.1, 0.15) is 6.92 Å². The molecule has 0 unspecified atom stereocenters. The van der Waals surface area contributed by atoms with Crippen molar-refractivity contribution in [2.75, 3.05) is 6.61 Å². The molecule has 26 heavy (non-hydrogen) atoms. The summed E-state index contributed by atoms with van der Waals surface area (Å²) in [5.41, 5.74) is -21.2. The first-order chi connectivity index (χ1) is 10.9. The second-order valence-corrected chi connectivity index (χ2v) is 11.7. The molecule has 0 rings (SSSR count). The molecular formula is C6H6F9LiO7S3. The molecule has 0 fully saturated rings. The van der Waals surface area contributed by atoms with Crippen molar-refractivity contribution < 1.29 is 69.9 Å². The van der Waals surface area contributed by atoms with Gasteiger partial charge in [-0.15, -0.1) is 0 Å². The van der Waals surface area contributed by atoms with E-state index in [9.17, 15) is 64.8 Å². The first-order valence-corrected chi connectivity index (χ1v) is 9.90. The molecular weight excluding hydrogens is 458 g/mol. The Labute approximate surface area is 149 Å². The molecule has 7 nitrogen and oxygen atoms in total. The number of hydrogen-bond donors (Lipinski definition) is 1. The maximum atomic E-state index is 12.3. The Morgan fingerprint density at radius 1 is 0.654 bits per heavy atom. The van der Waals surface area contributed by atoms with Crippen LogP contribution < -0.4 is 0 Å². The molecule has 0 saturated carbocycles. The summed E-state index contributed by atoms with van der Waals surface area (Å²) in [4.78, 5) is 0. The van der Waals surface area contributed by atoms with E-state index in [0.717, 1.165) is 0 Å². The number of aliphatic hydroxyl groups excluding tert-OH is 1. The van der Waals surface area contributed by atoms with E-state index in [2.05, 4.69) is 0 Å². The van der Waals surface area contributed by atoms with Crippen LogP contribution in [0.5, 0.6) is 0 Å². The van der Waals surface area contributed by atoms with Crippen molar-refractivity contribution in [3.63, 3.8) is 0 Å². The molecule has 0 aromatic heterocycles. The van der Waals surface area contributed by atoms with Crippen molar-refractivity contribution in [2.24, 2.45) is 0 Å². The van der Waals surface area contributed by atoms with Crippen molar-refractivity contribution in [2.45, 2.75) is 25.5 Å². The Kier molecular flexibility index (Phi) is 8.24. The number of halogens is 9. The molecule has 0 amide bonds. The Bertz CT molecular complexity index is 696. The molecule has 0 spiro atoms. The molecule has 0 atom stereocenters. The summed E-state index contributed by atoms with van der Waals surface area (Å²) in [6, 6.07) is 0. The summed E-state index contributed by atoms with van der Waals surface area (Å²) >= 11 is -1.35. The van der Waals surface area contributed by atoms with Gasteiger partial charge in [0.2, 0.25) is 0 Å². The van der Waals surface area contributed by atoms with Crippen LogP contribution in [0.15, 0.2) is 0 Å². The zero-order valence-corrected chi connectivity index (χ0v) is 14.7. The summed E-state index contributed by atoms with van der Waals surface area (Å²) in [7, 11) is -24.1. The van der Waals surface area contributed by atoms with Crippen molar-refractivity contribution in [3.05, 3.63) is 0 Å². The fourth-order valence-electron chi connectivity index (χ4n) is 1.06. The van der Waals surface area contributed by atoms with Gasteiger partial charge in [-0.1, -0.05) is 0 Å². The van der Waals surface area contributed by atoms with Crippen LogP contribution in [0.2, 0.25) is 0 Å². The van der Waals surface area contributed by atoms with Crippen LogP contribution in [0.25, 0.3) is 0 Å². The number of rotatable bonds is 3. The molecule has 0 aromatic carbocycles. The minimum atomic E-state index is -8.04. The van der Waals surface area contributed by atoms with Crippen molar-refractivity contribution >= 4 is 47.2 Å². The van der Waals surface area contributed by atoms with E-state index < -0.39 is 65.8 Å². The third-order valence-electron chi connectivity index (χ3n) is 2.38. The third kappa shape index (κ3) is 4.27. The van der Waals surface area contributed by atoms with Crippen LogP contribution in [-0.4, -0.2) is 73.3 Å². The third-order valence-corrected chi connectivity index (χ3v) is 11.1. The maximum absolute atomic E-state index is 12.3. The standard InChI is InChI=1S/C4F9O6S3.C2H6O.Li/c5-2(6,7)20(14,15)1(21(16,17)3(8,9)10)22(18,19)4(11,12)13;1-2-3;/h;3H,2H2,1H3;. The number of alkyl halides is 9. The molecule has 1 N–H and O–H groups in total. The van der Waals surface area contributed by atoms with E-state index in [1.54, 1.807) is 6.92 Å². The van der Waals surface area contributed by atoms with E-state index in [4.69, 9.17) is 5.11 Å². The summed E-state index contributed by atoms with van der Waals surface area (Å²) in [6.07, 6.45) is 0. The second kappa shape index (κ2) is 7.66. The Balaban J connectivity index is 0. The first-order valence-electron chi connectivity index (χ1n) is 5.45. The van der Waals surface area contributed by atoms with Gasteiger partial charge in [0, 0.05) is 6.61 Å². The van der Waals surface area contributed by atoms with E-state index in [1.807, 2.05) is 0 Å². The number of hydrogen-bond acceptors (Lipinski definition) is 7. The van der Waals surface area contributed by atoms with Gasteiger partial charge in [-0.3, -0.25) is 0 Å². The first kappa shape index (κ1) is 28.0. The summed E-state index contributed by atoms with van der Waals surface area (Å²) < 4.78 is 170. The van der Waals surface area contributed by atoms with Gasteiger partial charge in [0.15, 0.2) is 0 Å². The monoisotopic (exact) mass is 464 g/mol. The molecule has 0 aliphatic heterocycles. The van der Waals surface area contributed by atoms with Crippen molar-refractivity contribution in [3.8, 4) is 0 Å². The van der Waals surface area contributed by atoms with Crippen LogP contribution in [0.4, 0.5) is 39.5 Å². The molecule has 0 bridgehead atoms. The average molecular weight is 464 g/mol. The molecule has 0 heterocycles. The number of sulfone groups is 3. The predicted molar refractivity (Wildman–Crippen MR) is 66.2 cm³/mol. The number of aliphatic hydroxyl groups is 1. The predicted octanol–water partition coefficient (Wildman–Crippen LogP) is 0.569. The van der Waals surface area contributed by atoms with Gasteiger partial charge in [0.05, 0.1) is 0 Å². The summed E-state index contributed by atoms with van der Waals surface area (Å²) in [5.74, 6) is 0. The van der Waals surface area contributed by atoms with Crippen molar-refractivity contribution in [1.29, 1.82) is 0 Å². The SMILES string of the molecule is CCO.[Li][C](S(=O)(=O)C(F)(F)F)(S(=O)(=O)C(F)(F)F)S(=O)(=O)C(F)(F)F. The van der Waals surface area contributed by atoms with Gasteiger partial charge in [-0.25, -0.2) is 0 Å². The Morgan fingerprint density at radius 3 is 0.846 bits per heavy atom. The minimum absolute atomic E-state index is 0.250. The second-order valence-electron chi connectivity index (χ2n) is 4.03. The van der Waals surface area contributed by atoms with Gasteiger partial charge in [-0.2, -0.15) is 0 Å². The van der Waals surface area contributed by atoms with Gasteiger partial charge in [0.1, 0.15) is 0 Å². The molecule has 0 radical (unpaired) electrons. The molecule has 0 aliphatic rings. The Hall–Kier alpha value is -0.223. The molecule has 20 heteroatoms. The molecule has 0 aromatic rings. The van der Waals surface area contributed by atoms with E-state index in [-0.39, 0.29) is 6.61 Å².